The molecule has 2 aliphatic carbocycles. The molecular formula is C11H16O4. The minimum Gasteiger partial charge on any atom is -0.434 e. The van der Waals surface area contributed by atoms with Crippen LogP contribution in [0.1, 0.15) is 32.6 Å². The van der Waals surface area contributed by atoms with Gasteiger partial charge in [0, 0.05) is 0 Å². The van der Waals surface area contributed by atoms with Gasteiger partial charge in [-0.15, -0.1) is 0 Å². The number of carbonyl (C=O) groups is 2. The molecule has 2 aliphatic rings. The minimum absolute atomic E-state index is 0.0619. The number of hydrogen-bond donors (Lipinski definition) is 0. The monoisotopic (exact) mass is 212 g/mol. The molecule has 2 bridgehead atoms. The van der Waals surface area contributed by atoms with E-state index in [2.05, 4.69) is 9.47 Å². The molecule has 0 heterocycles. The Balaban J connectivity index is 1.84. The molecule has 0 aromatic rings. The van der Waals surface area contributed by atoms with E-state index in [0.717, 1.165) is 19.3 Å². The van der Waals surface area contributed by atoms with E-state index in [9.17, 15) is 9.59 Å². The second-order valence-corrected chi connectivity index (χ2v) is 4.39. The van der Waals surface area contributed by atoms with Gasteiger partial charge in [-0.1, -0.05) is 6.42 Å². The maximum absolute atomic E-state index is 11.6. The number of carbonyl (C=O) groups excluding carboxylic acids is 2. The number of rotatable bonds is 2. The summed E-state index contributed by atoms with van der Waals surface area (Å²) in [5.41, 5.74) is 0. The first kappa shape index (κ1) is 10.5. The second-order valence-electron chi connectivity index (χ2n) is 4.39. The van der Waals surface area contributed by atoms with Gasteiger partial charge in [0.2, 0.25) is 0 Å². The van der Waals surface area contributed by atoms with E-state index in [4.69, 9.17) is 0 Å². The predicted molar refractivity (Wildman–Crippen MR) is 52.1 cm³/mol. The summed E-state index contributed by atoms with van der Waals surface area (Å²) in [4.78, 5) is 22.5. The summed E-state index contributed by atoms with van der Waals surface area (Å²) in [6.45, 7) is 1.92. The van der Waals surface area contributed by atoms with Crippen LogP contribution in [-0.4, -0.2) is 18.7 Å². The van der Waals surface area contributed by atoms with Gasteiger partial charge in [-0.05, 0) is 38.0 Å². The summed E-state index contributed by atoms with van der Waals surface area (Å²) in [7, 11) is 0. The second kappa shape index (κ2) is 4.21. The van der Waals surface area contributed by atoms with E-state index >= 15 is 0 Å². The lowest BCUT2D eigenvalue weighted by molar-refractivity contribution is -0.146. The molecule has 84 valence electrons. The van der Waals surface area contributed by atoms with Gasteiger partial charge in [0.1, 0.15) is 0 Å². The molecule has 0 N–H and O–H groups in total. The first-order chi connectivity index (χ1) is 7.20. The fourth-order valence-electron chi connectivity index (χ4n) is 2.84. The van der Waals surface area contributed by atoms with Crippen molar-refractivity contribution < 1.29 is 19.1 Å². The smallest absolute Gasteiger partial charge is 0.434 e. The number of hydrogen-bond acceptors (Lipinski definition) is 4. The lowest BCUT2D eigenvalue weighted by Gasteiger charge is -2.18. The molecule has 0 aromatic heterocycles. The van der Waals surface area contributed by atoms with Gasteiger partial charge >= 0.3 is 12.1 Å². The fraction of sp³-hybridized carbons (Fsp3) is 0.818. The summed E-state index contributed by atoms with van der Waals surface area (Å²) in [6.07, 6.45) is 3.50. The first-order valence-electron chi connectivity index (χ1n) is 5.59. The lowest BCUT2D eigenvalue weighted by Crippen LogP contribution is -2.26. The Morgan fingerprint density at radius 2 is 2.07 bits per heavy atom. The fourth-order valence-corrected chi connectivity index (χ4v) is 2.84. The summed E-state index contributed by atoms with van der Waals surface area (Å²) < 4.78 is 9.20. The van der Waals surface area contributed by atoms with E-state index in [-0.39, 0.29) is 18.5 Å². The van der Waals surface area contributed by atoms with Crippen LogP contribution in [0.4, 0.5) is 4.79 Å². The van der Waals surface area contributed by atoms with Crippen LogP contribution in [0.2, 0.25) is 0 Å². The van der Waals surface area contributed by atoms with Crippen molar-refractivity contribution in [3.8, 4) is 0 Å². The molecule has 0 unspecified atom stereocenters. The zero-order valence-corrected chi connectivity index (χ0v) is 8.90. The van der Waals surface area contributed by atoms with Crippen LogP contribution in [0.3, 0.4) is 0 Å². The highest BCUT2D eigenvalue weighted by Crippen LogP contribution is 2.48. The molecule has 2 fully saturated rings. The van der Waals surface area contributed by atoms with Gasteiger partial charge < -0.3 is 9.47 Å². The van der Waals surface area contributed by atoms with Crippen LogP contribution in [-0.2, 0) is 14.3 Å². The molecular weight excluding hydrogens is 196 g/mol. The Hall–Kier alpha value is -1.06. The summed E-state index contributed by atoms with van der Waals surface area (Å²) >= 11 is 0. The van der Waals surface area contributed by atoms with Crippen molar-refractivity contribution >= 4 is 12.1 Å². The van der Waals surface area contributed by atoms with Crippen molar-refractivity contribution in [1.82, 2.24) is 0 Å². The quantitative estimate of drug-likeness (QED) is 0.519. The highest BCUT2D eigenvalue weighted by molar-refractivity contribution is 5.83. The summed E-state index contributed by atoms with van der Waals surface area (Å²) in [6, 6.07) is 0. The Morgan fingerprint density at radius 3 is 2.60 bits per heavy atom. The van der Waals surface area contributed by atoms with E-state index < -0.39 is 6.16 Å². The SMILES string of the molecule is CCOC(=O)OC(=O)[C@@H]1C[C@@H]2CC[C@H]1C2. The molecule has 0 radical (unpaired) electrons. The molecule has 0 aliphatic heterocycles. The van der Waals surface area contributed by atoms with Crippen molar-refractivity contribution in [3.05, 3.63) is 0 Å². The third kappa shape index (κ3) is 2.13. The van der Waals surface area contributed by atoms with Crippen molar-refractivity contribution in [2.24, 2.45) is 17.8 Å². The van der Waals surface area contributed by atoms with Gasteiger partial charge in [0.25, 0.3) is 0 Å². The maximum atomic E-state index is 11.6. The maximum Gasteiger partial charge on any atom is 0.516 e. The normalized spacial score (nSPS) is 32.7. The molecule has 3 atom stereocenters. The lowest BCUT2D eigenvalue weighted by atomic mass is 9.89. The van der Waals surface area contributed by atoms with Gasteiger partial charge in [0.05, 0.1) is 12.5 Å². The molecule has 0 spiro atoms. The van der Waals surface area contributed by atoms with E-state index in [0.29, 0.717) is 11.8 Å². The van der Waals surface area contributed by atoms with Gasteiger partial charge in [-0.3, -0.25) is 4.79 Å². The van der Waals surface area contributed by atoms with Crippen molar-refractivity contribution in [2.45, 2.75) is 32.6 Å². The van der Waals surface area contributed by atoms with Crippen LogP contribution in [0, 0.1) is 17.8 Å². The Labute approximate surface area is 88.9 Å². The third-order valence-electron chi connectivity index (χ3n) is 3.49. The molecule has 2 saturated carbocycles. The Morgan fingerprint density at radius 1 is 1.27 bits per heavy atom. The highest BCUT2D eigenvalue weighted by Gasteiger charge is 2.44. The molecule has 0 saturated heterocycles. The average molecular weight is 212 g/mol. The summed E-state index contributed by atoms with van der Waals surface area (Å²) in [5.74, 6) is 0.667. The number of esters is 1. The van der Waals surface area contributed by atoms with Crippen molar-refractivity contribution in [3.63, 3.8) is 0 Å². The van der Waals surface area contributed by atoms with E-state index in [1.807, 2.05) is 0 Å². The highest BCUT2D eigenvalue weighted by atomic mass is 16.7. The molecule has 4 heteroatoms. The minimum atomic E-state index is -0.856. The Bertz CT molecular complexity index is 274. The zero-order chi connectivity index (χ0) is 10.8. The van der Waals surface area contributed by atoms with Crippen LogP contribution < -0.4 is 0 Å². The van der Waals surface area contributed by atoms with E-state index in [1.54, 1.807) is 6.92 Å². The Kier molecular flexibility index (Phi) is 2.93. The largest absolute Gasteiger partial charge is 0.516 e. The molecule has 4 nitrogen and oxygen atoms in total. The molecule has 2 rings (SSSR count). The number of fused-ring (bicyclic) bond motifs is 2. The predicted octanol–water partition coefficient (Wildman–Crippen LogP) is 2.12. The van der Waals surface area contributed by atoms with Gasteiger partial charge in [0.15, 0.2) is 0 Å². The van der Waals surface area contributed by atoms with Crippen LogP contribution >= 0.6 is 0 Å². The van der Waals surface area contributed by atoms with Gasteiger partial charge in [-0.2, -0.15) is 0 Å². The van der Waals surface area contributed by atoms with Crippen molar-refractivity contribution in [1.29, 1.82) is 0 Å². The van der Waals surface area contributed by atoms with E-state index in [1.165, 1.54) is 6.42 Å². The third-order valence-corrected chi connectivity index (χ3v) is 3.49. The standard InChI is InChI=1S/C11H16O4/c1-2-14-11(13)15-10(12)9-6-7-3-4-8(9)5-7/h7-9H,2-6H2,1H3/t7-,8+,9-/m1/s1. The molecule has 0 amide bonds. The van der Waals surface area contributed by atoms with Crippen molar-refractivity contribution in [2.75, 3.05) is 6.61 Å². The average Bonchev–Trinajstić information content (AvgIpc) is 2.78. The van der Waals surface area contributed by atoms with Gasteiger partial charge in [-0.25, -0.2) is 4.79 Å². The summed E-state index contributed by atoms with van der Waals surface area (Å²) in [5, 5.41) is 0. The van der Waals surface area contributed by atoms with Crippen LogP contribution in [0.5, 0.6) is 0 Å². The molecule has 0 aromatic carbocycles. The van der Waals surface area contributed by atoms with Crippen LogP contribution in [0.15, 0.2) is 0 Å². The van der Waals surface area contributed by atoms with Crippen LogP contribution in [0.25, 0.3) is 0 Å². The topological polar surface area (TPSA) is 52.6 Å². The zero-order valence-electron chi connectivity index (χ0n) is 8.90. The first-order valence-corrected chi connectivity index (χ1v) is 5.59. The number of ether oxygens (including phenoxy) is 2. The molecule has 15 heavy (non-hydrogen) atoms.